The molecule has 0 unspecified atom stereocenters. The molecule has 3 aromatic heterocycles. The molecule has 0 spiro atoms. The molecule has 39 heavy (non-hydrogen) atoms. The number of imidazole rings is 1. The molecule has 198 valence electrons. The number of aromatic amines is 1. The van der Waals surface area contributed by atoms with Crippen molar-refractivity contribution in [3.05, 3.63) is 88.4 Å². The van der Waals surface area contributed by atoms with Crippen molar-refractivity contribution in [2.24, 2.45) is 7.05 Å². The highest BCUT2D eigenvalue weighted by atomic mass is 35.5. The van der Waals surface area contributed by atoms with Crippen LogP contribution in [0.4, 0.5) is 10.2 Å². The Bertz CT molecular complexity index is 1720. The summed E-state index contributed by atoms with van der Waals surface area (Å²) in [4.78, 5) is 19.4. The number of H-pyrrole nitrogens is 1. The van der Waals surface area contributed by atoms with Crippen molar-refractivity contribution in [2.75, 3.05) is 31.1 Å². The maximum Gasteiger partial charge on any atom is 0.332 e. The number of nitrogens with zero attached hydrogens (tertiary/aromatic N) is 5. The number of aromatic hydroxyl groups is 1. The molecule has 9 nitrogen and oxygen atoms in total. The second-order valence-electron chi connectivity index (χ2n) is 9.38. The predicted octanol–water partition coefficient (Wildman–Crippen LogP) is 4.20. The van der Waals surface area contributed by atoms with Crippen molar-refractivity contribution < 1.29 is 9.50 Å². The number of benzene rings is 2. The molecule has 5 aromatic rings. The number of rotatable bonds is 5. The molecule has 0 saturated carbocycles. The standard InChI is InChI=1S/C28H25ClFN7O2/c1-35-10-11-37(28(35)39)25-3-2-17(12-22(25)29)20-15-19(30)16-21(27(20)38)18-13-24(23-4-5-32-34-23)33-26(14-18)36-8-6-31-7-9-36/h2-5,10-16,31,38H,6-9H2,1H3,(H,32,34). The molecular weight excluding hydrogens is 521 g/mol. The van der Waals surface area contributed by atoms with Gasteiger partial charge in [-0.2, -0.15) is 5.10 Å². The fourth-order valence-electron chi connectivity index (χ4n) is 4.82. The maximum absolute atomic E-state index is 15.1. The van der Waals surface area contributed by atoms with Gasteiger partial charge in [-0.05, 0) is 53.6 Å². The van der Waals surface area contributed by atoms with Gasteiger partial charge in [-0.25, -0.2) is 14.2 Å². The Balaban J connectivity index is 1.46. The number of pyridine rings is 1. The van der Waals surface area contributed by atoms with Crippen LogP contribution in [0.15, 0.2) is 71.9 Å². The summed E-state index contributed by atoms with van der Waals surface area (Å²) in [6, 6.07) is 13.0. The summed E-state index contributed by atoms with van der Waals surface area (Å²) in [6.45, 7) is 3.20. The maximum atomic E-state index is 15.1. The third kappa shape index (κ3) is 4.68. The molecule has 4 heterocycles. The second kappa shape index (κ2) is 10.0. The van der Waals surface area contributed by atoms with E-state index in [1.807, 2.05) is 12.1 Å². The highest BCUT2D eigenvalue weighted by molar-refractivity contribution is 6.32. The Kier molecular flexibility index (Phi) is 6.41. The van der Waals surface area contributed by atoms with Gasteiger partial charge in [-0.1, -0.05) is 17.7 Å². The lowest BCUT2D eigenvalue weighted by molar-refractivity contribution is 0.477. The van der Waals surface area contributed by atoms with Gasteiger partial charge in [0.1, 0.15) is 17.4 Å². The summed E-state index contributed by atoms with van der Waals surface area (Å²) >= 11 is 6.56. The smallest absolute Gasteiger partial charge is 0.332 e. The Morgan fingerprint density at radius 2 is 1.77 bits per heavy atom. The average Bonchev–Trinajstić information content (AvgIpc) is 3.61. The second-order valence-corrected chi connectivity index (χ2v) is 9.79. The average molecular weight is 546 g/mol. The van der Waals surface area contributed by atoms with Crippen molar-refractivity contribution in [1.82, 2.24) is 29.6 Å². The molecule has 2 aromatic carbocycles. The van der Waals surface area contributed by atoms with Crippen molar-refractivity contribution in [1.29, 1.82) is 0 Å². The van der Waals surface area contributed by atoms with Crippen molar-refractivity contribution in [3.8, 4) is 45.1 Å². The summed E-state index contributed by atoms with van der Waals surface area (Å²) in [5, 5.41) is 22.0. The SMILES string of the molecule is Cn1ccn(-c2ccc(-c3cc(F)cc(-c4cc(-c5ccn[nH]5)nc(N5CCNCC5)c4)c3O)cc2Cl)c1=O. The van der Waals surface area contributed by atoms with Gasteiger partial charge in [0.25, 0.3) is 0 Å². The zero-order valence-corrected chi connectivity index (χ0v) is 21.8. The molecule has 0 radical (unpaired) electrons. The van der Waals surface area contributed by atoms with E-state index in [2.05, 4.69) is 20.4 Å². The van der Waals surface area contributed by atoms with Crippen LogP contribution in [0.3, 0.4) is 0 Å². The van der Waals surface area contributed by atoms with E-state index in [-0.39, 0.29) is 22.0 Å². The van der Waals surface area contributed by atoms with Crippen LogP contribution < -0.4 is 15.9 Å². The third-order valence-corrected chi connectivity index (χ3v) is 7.18. The number of piperazine rings is 1. The Morgan fingerprint density at radius 1 is 1.00 bits per heavy atom. The van der Waals surface area contributed by atoms with Gasteiger partial charge >= 0.3 is 5.69 Å². The number of halogens is 2. The van der Waals surface area contributed by atoms with Crippen LogP contribution in [-0.4, -0.2) is 55.6 Å². The fraction of sp³-hybridized carbons (Fsp3) is 0.179. The summed E-state index contributed by atoms with van der Waals surface area (Å²) in [6.07, 6.45) is 4.90. The van der Waals surface area contributed by atoms with Crippen LogP contribution in [0.2, 0.25) is 5.02 Å². The van der Waals surface area contributed by atoms with E-state index in [1.165, 1.54) is 21.3 Å². The summed E-state index contributed by atoms with van der Waals surface area (Å²) < 4.78 is 17.9. The molecule has 0 aliphatic carbocycles. The van der Waals surface area contributed by atoms with Gasteiger partial charge in [-0.15, -0.1) is 0 Å². The van der Waals surface area contributed by atoms with Crippen molar-refractivity contribution in [2.45, 2.75) is 0 Å². The monoisotopic (exact) mass is 545 g/mol. The molecule has 1 aliphatic heterocycles. The molecule has 3 N–H and O–H groups in total. The molecule has 1 fully saturated rings. The van der Waals surface area contributed by atoms with Crippen LogP contribution in [0.5, 0.6) is 5.75 Å². The first-order valence-corrected chi connectivity index (χ1v) is 12.8. The molecule has 0 atom stereocenters. The van der Waals surface area contributed by atoms with E-state index in [0.717, 1.165) is 32.0 Å². The number of aromatic nitrogens is 5. The first-order valence-electron chi connectivity index (χ1n) is 12.4. The van der Waals surface area contributed by atoms with Gasteiger partial charge < -0.3 is 19.9 Å². The number of phenols is 1. The Hall–Kier alpha value is -4.41. The lowest BCUT2D eigenvalue weighted by atomic mass is 9.96. The molecule has 0 amide bonds. The number of anilines is 1. The van der Waals surface area contributed by atoms with Crippen LogP contribution in [0.1, 0.15) is 0 Å². The first kappa shape index (κ1) is 24.9. The summed E-state index contributed by atoms with van der Waals surface area (Å²) in [5.41, 5.74) is 3.31. The quantitative estimate of drug-likeness (QED) is 0.306. The van der Waals surface area contributed by atoms with E-state index in [0.29, 0.717) is 33.8 Å². The first-order chi connectivity index (χ1) is 18.9. The normalized spacial score (nSPS) is 13.7. The number of aryl methyl sites for hydroxylation is 1. The number of nitrogens with one attached hydrogen (secondary N) is 2. The molecule has 1 aliphatic rings. The molecule has 1 saturated heterocycles. The lowest BCUT2D eigenvalue weighted by Gasteiger charge is -2.29. The van der Waals surface area contributed by atoms with Crippen LogP contribution >= 0.6 is 11.6 Å². The zero-order chi connectivity index (χ0) is 27.1. The predicted molar refractivity (Wildman–Crippen MR) is 149 cm³/mol. The summed E-state index contributed by atoms with van der Waals surface area (Å²) in [7, 11) is 1.65. The highest BCUT2D eigenvalue weighted by Crippen LogP contribution is 2.41. The van der Waals surface area contributed by atoms with E-state index in [1.54, 1.807) is 49.9 Å². The van der Waals surface area contributed by atoms with Gasteiger partial charge in [0, 0.05) is 62.9 Å². The number of phenolic OH excluding ortho intramolecular Hbond substituents is 1. The number of hydrogen-bond acceptors (Lipinski definition) is 6. The van der Waals surface area contributed by atoms with E-state index >= 15 is 4.39 Å². The van der Waals surface area contributed by atoms with Crippen LogP contribution in [0.25, 0.3) is 39.3 Å². The summed E-state index contributed by atoms with van der Waals surface area (Å²) in [5.74, 6) is 0.121. The Morgan fingerprint density at radius 3 is 2.44 bits per heavy atom. The minimum atomic E-state index is -0.513. The van der Waals surface area contributed by atoms with E-state index < -0.39 is 5.82 Å². The molecule has 0 bridgehead atoms. The minimum Gasteiger partial charge on any atom is -0.507 e. The fourth-order valence-corrected chi connectivity index (χ4v) is 5.09. The van der Waals surface area contributed by atoms with Crippen molar-refractivity contribution in [3.63, 3.8) is 0 Å². The van der Waals surface area contributed by atoms with E-state index in [9.17, 15) is 9.90 Å². The zero-order valence-electron chi connectivity index (χ0n) is 21.0. The molecule has 6 rings (SSSR count). The third-order valence-electron chi connectivity index (χ3n) is 6.88. The van der Waals surface area contributed by atoms with Crippen LogP contribution in [0, 0.1) is 5.82 Å². The van der Waals surface area contributed by atoms with E-state index in [4.69, 9.17) is 16.6 Å². The lowest BCUT2D eigenvalue weighted by Crippen LogP contribution is -2.43. The number of hydrogen-bond donors (Lipinski definition) is 3. The molecule has 11 heteroatoms. The van der Waals surface area contributed by atoms with Gasteiger partial charge in [0.15, 0.2) is 0 Å². The molecular formula is C28H25ClFN7O2. The Labute approximate surface area is 228 Å². The highest BCUT2D eigenvalue weighted by Gasteiger charge is 2.20. The largest absolute Gasteiger partial charge is 0.507 e. The van der Waals surface area contributed by atoms with Gasteiger partial charge in [0.2, 0.25) is 0 Å². The van der Waals surface area contributed by atoms with Crippen molar-refractivity contribution >= 4 is 17.4 Å². The van der Waals surface area contributed by atoms with Crippen LogP contribution in [-0.2, 0) is 7.05 Å². The topological polar surface area (TPSA) is 104 Å². The minimum absolute atomic E-state index is 0.0925. The van der Waals surface area contributed by atoms with Gasteiger partial charge in [-0.3, -0.25) is 9.67 Å². The van der Waals surface area contributed by atoms with Gasteiger partial charge in [0.05, 0.1) is 22.1 Å².